The van der Waals surface area contributed by atoms with Crippen molar-refractivity contribution in [2.75, 3.05) is 25.1 Å². The Kier molecular flexibility index (Phi) is 5.96. The van der Waals surface area contributed by atoms with Crippen molar-refractivity contribution >= 4 is 52.2 Å². The smallest absolute Gasteiger partial charge is 0.256 e. The first kappa shape index (κ1) is 24.3. The fourth-order valence-electron chi connectivity index (χ4n) is 5.00. The predicted octanol–water partition coefficient (Wildman–Crippen LogP) is 4.71. The van der Waals surface area contributed by atoms with Crippen LogP contribution in [0.5, 0.6) is 0 Å². The molecule has 4 aromatic rings. The van der Waals surface area contributed by atoms with E-state index in [4.69, 9.17) is 27.9 Å². The summed E-state index contributed by atoms with van der Waals surface area (Å²) in [6, 6.07) is 8.49. The molecule has 0 aliphatic carbocycles. The van der Waals surface area contributed by atoms with Gasteiger partial charge in [-0.15, -0.1) is 11.3 Å². The number of amides is 1. The van der Waals surface area contributed by atoms with Gasteiger partial charge in [0.15, 0.2) is 0 Å². The van der Waals surface area contributed by atoms with Gasteiger partial charge in [0.1, 0.15) is 17.1 Å². The Hall–Kier alpha value is -3.02. The molecule has 37 heavy (non-hydrogen) atoms. The summed E-state index contributed by atoms with van der Waals surface area (Å²) in [4.78, 5) is 26.4. The summed E-state index contributed by atoms with van der Waals surface area (Å²) < 4.78 is 7.33. The van der Waals surface area contributed by atoms with Gasteiger partial charge in [-0.1, -0.05) is 35.3 Å². The second-order valence-corrected chi connectivity index (χ2v) is 10.9. The zero-order chi connectivity index (χ0) is 25.9. The predicted molar refractivity (Wildman–Crippen MR) is 142 cm³/mol. The zero-order valence-electron chi connectivity index (χ0n) is 19.9. The maximum Gasteiger partial charge on any atom is 0.256 e. The lowest BCUT2D eigenvalue weighted by Crippen LogP contribution is -2.58. The molecule has 9 nitrogen and oxygen atoms in total. The largest absolute Gasteiger partial charge is 0.394 e. The maximum atomic E-state index is 14.0. The number of aromatic nitrogens is 4. The third-order valence-electron chi connectivity index (χ3n) is 6.88. The highest BCUT2D eigenvalue weighted by Gasteiger charge is 2.59. The highest BCUT2D eigenvalue weighted by atomic mass is 35.5. The molecule has 0 radical (unpaired) electrons. The lowest BCUT2D eigenvalue weighted by atomic mass is 9.92. The van der Waals surface area contributed by atoms with Crippen molar-refractivity contribution in [2.45, 2.75) is 18.5 Å². The standard InChI is InChI=1S/C25H22Cl2N6O3S/c1-13-19-22(37-21(13)20-16(27)9-28-24(31-20)30-18-6-7-29-32(18)2)25(11-36-12-25)33(23(19)35)17(10-34)14-4-3-5-15(26)8-14/h3-9,17,34H,10-12H2,1-2H3,(H,28,30,31)/t17-/m1/s1. The molecule has 2 N–H and O–H groups in total. The minimum atomic E-state index is -0.675. The van der Waals surface area contributed by atoms with Gasteiger partial charge >= 0.3 is 0 Å². The number of hydrogen-bond donors (Lipinski definition) is 2. The Bertz CT molecular complexity index is 1530. The van der Waals surface area contributed by atoms with Crippen molar-refractivity contribution in [3.8, 4) is 10.6 Å². The first-order valence-corrected chi connectivity index (χ1v) is 13.1. The molecule has 1 amide bonds. The van der Waals surface area contributed by atoms with E-state index in [1.807, 2.05) is 32.2 Å². The topological polar surface area (TPSA) is 105 Å². The average molecular weight is 557 g/mol. The third kappa shape index (κ3) is 3.74. The van der Waals surface area contributed by atoms with E-state index in [1.165, 1.54) is 11.3 Å². The second-order valence-electron chi connectivity index (χ2n) is 9.07. The van der Waals surface area contributed by atoms with Gasteiger partial charge in [-0.05, 0) is 30.2 Å². The summed E-state index contributed by atoms with van der Waals surface area (Å²) in [7, 11) is 1.81. The lowest BCUT2D eigenvalue weighted by molar-refractivity contribution is -0.139. The number of rotatable bonds is 6. The summed E-state index contributed by atoms with van der Waals surface area (Å²) in [5.41, 5.74) is 2.03. The van der Waals surface area contributed by atoms with Crippen molar-refractivity contribution in [3.63, 3.8) is 0 Å². The quantitative estimate of drug-likeness (QED) is 0.354. The number of aliphatic hydroxyl groups excluding tert-OH is 1. The molecule has 6 rings (SSSR count). The van der Waals surface area contributed by atoms with Crippen LogP contribution in [0.25, 0.3) is 10.6 Å². The van der Waals surface area contributed by atoms with Gasteiger partial charge in [-0.3, -0.25) is 9.48 Å². The molecule has 5 heterocycles. The number of anilines is 2. The van der Waals surface area contributed by atoms with Gasteiger partial charge in [0.05, 0.1) is 53.7 Å². The summed E-state index contributed by atoms with van der Waals surface area (Å²) in [6.45, 7) is 2.34. The van der Waals surface area contributed by atoms with E-state index in [0.29, 0.717) is 40.5 Å². The van der Waals surface area contributed by atoms with E-state index in [2.05, 4.69) is 20.4 Å². The van der Waals surface area contributed by atoms with E-state index < -0.39 is 11.6 Å². The molecule has 1 aromatic carbocycles. The number of halogens is 2. The molecule has 1 saturated heterocycles. The summed E-state index contributed by atoms with van der Waals surface area (Å²) in [6.07, 6.45) is 3.22. The molecular formula is C25H22Cl2N6O3S. The Balaban J connectivity index is 1.42. The van der Waals surface area contributed by atoms with Crippen LogP contribution in [-0.4, -0.2) is 55.5 Å². The lowest BCUT2D eigenvalue weighted by Gasteiger charge is -2.48. The molecule has 1 fully saturated rings. The van der Waals surface area contributed by atoms with Crippen LogP contribution in [0.2, 0.25) is 10.0 Å². The van der Waals surface area contributed by atoms with Crippen LogP contribution in [-0.2, 0) is 17.3 Å². The van der Waals surface area contributed by atoms with Gasteiger partial charge in [-0.25, -0.2) is 9.97 Å². The molecule has 0 bridgehead atoms. The number of nitrogens with zero attached hydrogens (tertiary/aromatic N) is 5. The number of aryl methyl sites for hydroxylation is 1. The highest BCUT2D eigenvalue weighted by Crippen LogP contribution is 2.55. The minimum Gasteiger partial charge on any atom is -0.394 e. The second kappa shape index (κ2) is 9.07. The third-order valence-corrected chi connectivity index (χ3v) is 8.89. The van der Waals surface area contributed by atoms with Crippen molar-refractivity contribution in [2.24, 2.45) is 7.05 Å². The fourth-order valence-corrected chi connectivity index (χ4v) is 6.90. The normalized spacial score (nSPS) is 16.7. The molecular weight excluding hydrogens is 535 g/mol. The number of aliphatic hydroxyl groups is 1. The van der Waals surface area contributed by atoms with Crippen LogP contribution >= 0.6 is 34.5 Å². The van der Waals surface area contributed by atoms with Crippen LogP contribution in [0.15, 0.2) is 42.7 Å². The number of ether oxygens (including phenoxy) is 1. The number of benzene rings is 1. The first-order valence-electron chi connectivity index (χ1n) is 11.5. The van der Waals surface area contributed by atoms with Crippen LogP contribution in [0.3, 0.4) is 0 Å². The molecule has 190 valence electrons. The minimum absolute atomic E-state index is 0.157. The van der Waals surface area contributed by atoms with E-state index in [9.17, 15) is 9.90 Å². The van der Waals surface area contributed by atoms with Crippen molar-refractivity contribution in [1.82, 2.24) is 24.6 Å². The fraction of sp³-hybridized carbons (Fsp3) is 0.280. The Morgan fingerprint density at radius 1 is 1.30 bits per heavy atom. The van der Waals surface area contributed by atoms with Gasteiger partial charge in [0.2, 0.25) is 5.95 Å². The van der Waals surface area contributed by atoms with Crippen LogP contribution in [0.1, 0.15) is 32.4 Å². The maximum absolute atomic E-state index is 14.0. The van der Waals surface area contributed by atoms with Crippen molar-refractivity contribution in [1.29, 1.82) is 0 Å². The molecule has 12 heteroatoms. The van der Waals surface area contributed by atoms with Crippen LogP contribution < -0.4 is 5.32 Å². The summed E-state index contributed by atoms with van der Waals surface area (Å²) in [5, 5.41) is 18.6. The van der Waals surface area contributed by atoms with Gasteiger partial charge < -0.3 is 20.1 Å². The van der Waals surface area contributed by atoms with E-state index in [1.54, 1.807) is 34.1 Å². The van der Waals surface area contributed by atoms with Gasteiger partial charge in [-0.2, -0.15) is 5.10 Å². The average Bonchev–Trinajstić information content (AvgIpc) is 3.49. The van der Waals surface area contributed by atoms with E-state index in [-0.39, 0.29) is 12.5 Å². The Morgan fingerprint density at radius 3 is 2.76 bits per heavy atom. The highest BCUT2D eigenvalue weighted by molar-refractivity contribution is 7.16. The number of carbonyl (C=O) groups is 1. The van der Waals surface area contributed by atoms with Crippen LogP contribution in [0.4, 0.5) is 11.8 Å². The summed E-state index contributed by atoms with van der Waals surface area (Å²) >= 11 is 14.3. The van der Waals surface area contributed by atoms with Crippen molar-refractivity contribution < 1.29 is 14.6 Å². The number of nitrogens with one attached hydrogen (secondary N) is 1. The molecule has 2 aliphatic heterocycles. The number of hydrogen-bond acceptors (Lipinski definition) is 8. The monoisotopic (exact) mass is 556 g/mol. The zero-order valence-corrected chi connectivity index (χ0v) is 22.2. The molecule has 0 unspecified atom stereocenters. The number of thiophene rings is 1. The molecule has 3 aromatic heterocycles. The molecule has 2 aliphatic rings. The van der Waals surface area contributed by atoms with Crippen molar-refractivity contribution in [3.05, 3.63) is 74.3 Å². The van der Waals surface area contributed by atoms with E-state index >= 15 is 0 Å². The van der Waals surface area contributed by atoms with Gasteiger partial charge in [0.25, 0.3) is 5.91 Å². The summed E-state index contributed by atoms with van der Waals surface area (Å²) in [5.74, 6) is 0.939. The SMILES string of the molecule is Cc1c(-c2nc(Nc3ccnn3C)ncc2Cl)sc2c1C(=O)N([C@H](CO)c1cccc(Cl)c1)C21COC1. The number of carbonyl (C=O) groups excluding carboxylic acids is 1. The molecule has 1 atom stereocenters. The van der Waals surface area contributed by atoms with Crippen LogP contribution in [0, 0.1) is 6.92 Å². The number of fused-ring (bicyclic) bond motifs is 2. The molecule has 1 spiro atoms. The first-order chi connectivity index (χ1) is 17.8. The van der Waals surface area contributed by atoms with E-state index in [0.717, 1.165) is 26.7 Å². The van der Waals surface area contributed by atoms with Gasteiger partial charge in [0, 0.05) is 23.0 Å². The Morgan fingerprint density at radius 2 is 2.11 bits per heavy atom. The molecule has 0 saturated carbocycles. The Labute approximate surface area is 226 Å².